The number of ether oxygens (including phenoxy) is 1. The van der Waals surface area contributed by atoms with E-state index in [2.05, 4.69) is 11.4 Å². The van der Waals surface area contributed by atoms with Gasteiger partial charge in [0.05, 0.1) is 18.1 Å². The van der Waals surface area contributed by atoms with E-state index in [4.69, 9.17) is 4.74 Å². The zero-order valence-electron chi connectivity index (χ0n) is 11.8. The summed E-state index contributed by atoms with van der Waals surface area (Å²) in [7, 11) is -2.87. The van der Waals surface area contributed by atoms with Gasteiger partial charge in [-0.2, -0.15) is 0 Å². The van der Waals surface area contributed by atoms with Crippen molar-refractivity contribution in [2.45, 2.75) is 26.2 Å². The lowest BCUT2D eigenvalue weighted by Gasteiger charge is -2.23. The second-order valence-corrected chi connectivity index (χ2v) is 8.47. The second-order valence-electron chi connectivity index (χ2n) is 6.29. The Morgan fingerprint density at radius 3 is 3.00 bits per heavy atom. The average molecular weight is 295 g/mol. The Bertz CT molecular complexity index is 612. The highest BCUT2D eigenvalue weighted by Gasteiger charge is 2.39. The van der Waals surface area contributed by atoms with Crippen LogP contribution in [0.4, 0.5) is 5.69 Å². The molecule has 0 saturated carbocycles. The minimum atomic E-state index is -2.87. The number of aryl methyl sites for hydroxylation is 1. The van der Waals surface area contributed by atoms with Crippen molar-refractivity contribution in [3.63, 3.8) is 0 Å². The summed E-state index contributed by atoms with van der Waals surface area (Å²) >= 11 is 0. The van der Waals surface area contributed by atoms with E-state index in [1.165, 1.54) is 12.0 Å². The van der Waals surface area contributed by atoms with Gasteiger partial charge >= 0.3 is 0 Å². The van der Waals surface area contributed by atoms with Crippen LogP contribution in [-0.2, 0) is 16.3 Å². The molecule has 1 saturated heterocycles. The van der Waals surface area contributed by atoms with Gasteiger partial charge in [-0.25, -0.2) is 8.42 Å². The van der Waals surface area contributed by atoms with Gasteiger partial charge in [-0.15, -0.1) is 0 Å². The minimum Gasteiger partial charge on any atom is -0.493 e. The lowest BCUT2D eigenvalue weighted by molar-refractivity contribution is 0.186. The van der Waals surface area contributed by atoms with Gasteiger partial charge in [0.15, 0.2) is 9.84 Å². The van der Waals surface area contributed by atoms with Crippen molar-refractivity contribution in [1.82, 2.24) is 0 Å². The molecule has 2 aliphatic rings. The van der Waals surface area contributed by atoms with Gasteiger partial charge < -0.3 is 10.1 Å². The predicted octanol–water partition coefficient (Wildman–Crippen LogP) is 2.25. The SMILES string of the molecule is CC1(COc2ccc3c(c2)NCCC3)CCS(=O)(=O)C1. The number of sulfone groups is 1. The average Bonchev–Trinajstić information content (AvgIpc) is 2.71. The van der Waals surface area contributed by atoms with Gasteiger partial charge in [-0.05, 0) is 30.9 Å². The Labute approximate surface area is 120 Å². The number of rotatable bonds is 3. The molecule has 0 spiro atoms. The molecule has 0 amide bonds. The summed E-state index contributed by atoms with van der Waals surface area (Å²) in [5, 5.41) is 3.38. The van der Waals surface area contributed by atoms with Crippen molar-refractivity contribution in [2.24, 2.45) is 5.41 Å². The topological polar surface area (TPSA) is 55.4 Å². The van der Waals surface area contributed by atoms with E-state index in [1.807, 2.05) is 19.1 Å². The van der Waals surface area contributed by atoms with Crippen LogP contribution in [0.5, 0.6) is 5.75 Å². The lowest BCUT2D eigenvalue weighted by Crippen LogP contribution is -2.26. The Morgan fingerprint density at radius 2 is 2.25 bits per heavy atom. The molecule has 3 rings (SSSR count). The molecule has 1 atom stereocenters. The van der Waals surface area contributed by atoms with Gasteiger partial charge in [0.25, 0.3) is 0 Å². The highest BCUT2D eigenvalue weighted by molar-refractivity contribution is 7.91. The van der Waals surface area contributed by atoms with E-state index in [-0.39, 0.29) is 11.2 Å². The van der Waals surface area contributed by atoms with Crippen molar-refractivity contribution in [1.29, 1.82) is 0 Å². The fourth-order valence-electron chi connectivity index (χ4n) is 2.98. The van der Waals surface area contributed by atoms with E-state index >= 15 is 0 Å². The van der Waals surface area contributed by atoms with Crippen LogP contribution >= 0.6 is 0 Å². The maximum absolute atomic E-state index is 11.6. The summed E-state index contributed by atoms with van der Waals surface area (Å²) in [5.74, 6) is 1.35. The van der Waals surface area contributed by atoms with Crippen molar-refractivity contribution in [2.75, 3.05) is 30.0 Å². The molecular formula is C15H21NO3S. The molecule has 2 heterocycles. The highest BCUT2D eigenvalue weighted by Crippen LogP contribution is 2.33. The summed E-state index contributed by atoms with van der Waals surface area (Å²) < 4.78 is 29.0. The van der Waals surface area contributed by atoms with E-state index in [0.717, 1.165) is 24.4 Å². The molecule has 5 heteroatoms. The quantitative estimate of drug-likeness (QED) is 0.929. The molecule has 0 aromatic heterocycles. The monoisotopic (exact) mass is 295 g/mol. The van der Waals surface area contributed by atoms with Crippen LogP contribution in [0.3, 0.4) is 0 Å². The van der Waals surface area contributed by atoms with E-state index in [1.54, 1.807) is 0 Å². The van der Waals surface area contributed by atoms with Gasteiger partial charge in [0, 0.05) is 23.7 Å². The van der Waals surface area contributed by atoms with Crippen LogP contribution < -0.4 is 10.1 Å². The van der Waals surface area contributed by atoms with Crippen LogP contribution in [0.2, 0.25) is 0 Å². The molecule has 1 N–H and O–H groups in total. The standard InChI is InChI=1S/C15H21NO3S/c1-15(6-8-20(17,18)11-15)10-19-13-5-4-12-3-2-7-16-14(12)9-13/h4-5,9,16H,2-3,6-8,10-11H2,1H3. The van der Waals surface area contributed by atoms with Gasteiger partial charge in [0.1, 0.15) is 5.75 Å². The summed E-state index contributed by atoms with van der Waals surface area (Å²) in [6.07, 6.45) is 2.97. The maximum atomic E-state index is 11.6. The molecule has 2 aliphatic heterocycles. The Hall–Kier alpha value is -1.23. The summed E-state index contributed by atoms with van der Waals surface area (Å²) in [6.45, 7) is 3.46. The van der Waals surface area contributed by atoms with Gasteiger partial charge in [-0.3, -0.25) is 0 Å². The zero-order chi connectivity index (χ0) is 14.2. The molecule has 0 aliphatic carbocycles. The van der Waals surface area contributed by atoms with E-state index < -0.39 is 9.84 Å². The Morgan fingerprint density at radius 1 is 1.40 bits per heavy atom. The third-order valence-electron chi connectivity index (χ3n) is 4.19. The van der Waals surface area contributed by atoms with Crippen molar-refractivity contribution in [3.8, 4) is 5.75 Å². The first-order valence-electron chi connectivity index (χ1n) is 7.16. The molecule has 1 aromatic carbocycles. The Kier molecular flexibility index (Phi) is 3.40. The largest absolute Gasteiger partial charge is 0.493 e. The third kappa shape index (κ3) is 2.92. The smallest absolute Gasteiger partial charge is 0.151 e. The highest BCUT2D eigenvalue weighted by atomic mass is 32.2. The number of benzene rings is 1. The Balaban J connectivity index is 1.67. The lowest BCUT2D eigenvalue weighted by atomic mass is 9.92. The minimum absolute atomic E-state index is 0.239. The molecule has 1 aromatic rings. The van der Waals surface area contributed by atoms with Crippen molar-refractivity contribution >= 4 is 15.5 Å². The van der Waals surface area contributed by atoms with Crippen LogP contribution in [0, 0.1) is 5.41 Å². The predicted molar refractivity (Wildman–Crippen MR) is 80.1 cm³/mol. The van der Waals surface area contributed by atoms with Crippen LogP contribution in [0.15, 0.2) is 18.2 Å². The zero-order valence-corrected chi connectivity index (χ0v) is 12.6. The first-order valence-corrected chi connectivity index (χ1v) is 8.98. The van der Waals surface area contributed by atoms with Gasteiger partial charge in [-0.1, -0.05) is 13.0 Å². The molecule has 1 fully saturated rings. The third-order valence-corrected chi connectivity index (χ3v) is 6.15. The summed E-state index contributed by atoms with van der Waals surface area (Å²) in [6, 6.07) is 6.12. The maximum Gasteiger partial charge on any atom is 0.151 e. The fourth-order valence-corrected chi connectivity index (χ4v) is 5.22. The molecule has 110 valence electrons. The van der Waals surface area contributed by atoms with Crippen molar-refractivity contribution < 1.29 is 13.2 Å². The van der Waals surface area contributed by atoms with Gasteiger partial charge in [0.2, 0.25) is 0 Å². The van der Waals surface area contributed by atoms with Crippen LogP contribution in [-0.4, -0.2) is 33.1 Å². The number of nitrogens with one attached hydrogen (secondary N) is 1. The molecule has 4 nitrogen and oxygen atoms in total. The summed E-state index contributed by atoms with van der Waals surface area (Å²) in [4.78, 5) is 0. The fraction of sp³-hybridized carbons (Fsp3) is 0.600. The molecule has 0 bridgehead atoms. The number of anilines is 1. The normalized spacial score (nSPS) is 27.6. The molecule has 0 radical (unpaired) electrons. The van der Waals surface area contributed by atoms with Crippen LogP contribution in [0.25, 0.3) is 0 Å². The number of fused-ring (bicyclic) bond motifs is 1. The molecule has 1 unspecified atom stereocenters. The first-order chi connectivity index (χ1) is 9.46. The first kappa shape index (κ1) is 13.7. The molecule has 20 heavy (non-hydrogen) atoms. The summed E-state index contributed by atoms with van der Waals surface area (Å²) in [5.41, 5.74) is 2.23. The van der Waals surface area contributed by atoms with Crippen molar-refractivity contribution in [3.05, 3.63) is 23.8 Å². The molecular weight excluding hydrogens is 274 g/mol. The second kappa shape index (κ2) is 4.95. The number of hydrogen-bond acceptors (Lipinski definition) is 4. The van der Waals surface area contributed by atoms with Crippen LogP contribution in [0.1, 0.15) is 25.3 Å². The number of hydrogen-bond donors (Lipinski definition) is 1. The van der Waals surface area contributed by atoms with E-state index in [9.17, 15) is 8.42 Å². The van der Waals surface area contributed by atoms with E-state index in [0.29, 0.717) is 18.8 Å².